The van der Waals surface area contributed by atoms with Crippen molar-refractivity contribution in [2.24, 2.45) is 0 Å². The molecule has 1 aromatic heterocycles. The third kappa shape index (κ3) is 6.15. The molecule has 2 nitrogen and oxygen atoms in total. The van der Waals surface area contributed by atoms with Gasteiger partial charge in [-0.25, -0.2) is 0 Å². The summed E-state index contributed by atoms with van der Waals surface area (Å²) in [5.74, 6) is 1.04. The van der Waals surface area contributed by atoms with Crippen molar-refractivity contribution in [2.45, 2.75) is 63.8 Å². The van der Waals surface area contributed by atoms with Gasteiger partial charge in [0.25, 0.3) is 0 Å². The molecule has 0 saturated heterocycles. The fourth-order valence-electron chi connectivity index (χ4n) is 2.19. The zero-order valence-electron chi connectivity index (χ0n) is 12.8. The number of nitrogens with zero attached hydrogens (tertiary/aromatic N) is 1. The average Bonchev–Trinajstić information content (AvgIpc) is 2.37. The van der Waals surface area contributed by atoms with E-state index < -0.39 is 0 Å². The van der Waals surface area contributed by atoms with Gasteiger partial charge in [0.2, 0.25) is 0 Å². The molecule has 0 aliphatic carbocycles. The summed E-state index contributed by atoms with van der Waals surface area (Å²) in [7, 11) is 1.76. The Labute approximate surface area is 128 Å². The fraction of sp³-hybridized carbons (Fsp3) is 0.688. The molecule has 108 valence electrons. The molecule has 1 aromatic rings. The van der Waals surface area contributed by atoms with E-state index in [4.69, 9.17) is 4.74 Å². The fourth-order valence-corrected chi connectivity index (χ4v) is 5.40. The molecule has 0 fully saturated rings. The SMILES string of the molecule is CCCCCCCC[Te]c1nc(C)cc(C)c1OC. The standard InChI is InChI=1S/C16H27NOTe/c1-5-6-7-8-9-10-11-19-16-15(18-4)13(2)12-14(3)17-16/h12H,5-11H2,1-4H3. The van der Waals surface area contributed by atoms with Gasteiger partial charge in [-0.15, -0.1) is 0 Å². The topological polar surface area (TPSA) is 22.1 Å². The predicted molar refractivity (Wildman–Crippen MR) is 83.8 cm³/mol. The van der Waals surface area contributed by atoms with Crippen LogP contribution in [0.25, 0.3) is 0 Å². The summed E-state index contributed by atoms with van der Waals surface area (Å²) in [4.78, 5) is 4.68. The van der Waals surface area contributed by atoms with E-state index in [-0.39, 0.29) is 20.9 Å². The summed E-state index contributed by atoms with van der Waals surface area (Å²) >= 11 is -0.186. The number of aromatic nitrogens is 1. The summed E-state index contributed by atoms with van der Waals surface area (Å²) in [6.07, 6.45) is 8.28. The van der Waals surface area contributed by atoms with Crippen LogP contribution < -0.4 is 8.48 Å². The number of hydrogen-bond acceptors (Lipinski definition) is 2. The summed E-state index contributed by atoms with van der Waals surface area (Å²) in [5, 5.41) is 0. The Morgan fingerprint density at radius 2 is 1.79 bits per heavy atom. The molecule has 1 rings (SSSR count). The molecule has 19 heavy (non-hydrogen) atoms. The number of unbranched alkanes of at least 4 members (excludes halogenated alkanes) is 5. The summed E-state index contributed by atoms with van der Waals surface area (Å²) < 4.78 is 8.12. The van der Waals surface area contributed by atoms with E-state index >= 15 is 0 Å². The second-order valence-corrected chi connectivity index (χ2v) is 8.13. The van der Waals surface area contributed by atoms with Crippen LogP contribution in [0.15, 0.2) is 6.07 Å². The first-order valence-corrected chi connectivity index (χ1v) is 10.1. The van der Waals surface area contributed by atoms with Gasteiger partial charge in [0, 0.05) is 0 Å². The average molecular weight is 377 g/mol. The Balaban J connectivity index is 2.36. The van der Waals surface area contributed by atoms with Gasteiger partial charge in [-0.1, -0.05) is 0 Å². The van der Waals surface area contributed by atoms with Crippen molar-refractivity contribution in [1.29, 1.82) is 0 Å². The van der Waals surface area contributed by atoms with Crippen molar-refractivity contribution in [3.63, 3.8) is 0 Å². The maximum atomic E-state index is 5.51. The molecule has 0 atom stereocenters. The Morgan fingerprint density at radius 1 is 1.11 bits per heavy atom. The second kappa shape index (κ2) is 9.61. The second-order valence-electron chi connectivity index (χ2n) is 5.04. The summed E-state index contributed by atoms with van der Waals surface area (Å²) in [6, 6.07) is 2.11. The van der Waals surface area contributed by atoms with E-state index in [0.717, 1.165) is 11.4 Å². The van der Waals surface area contributed by atoms with Crippen molar-refractivity contribution < 1.29 is 4.74 Å². The molecule has 0 unspecified atom stereocenters. The molecule has 0 aliphatic rings. The molecule has 0 bridgehead atoms. The van der Waals surface area contributed by atoms with E-state index in [1.807, 2.05) is 0 Å². The van der Waals surface area contributed by atoms with Gasteiger partial charge in [-0.2, -0.15) is 0 Å². The number of aryl methyl sites for hydroxylation is 2. The van der Waals surface area contributed by atoms with Crippen LogP contribution in [-0.2, 0) is 0 Å². The number of rotatable bonds is 9. The van der Waals surface area contributed by atoms with E-state index in [1.54, 1.807) is 7.11 Å². The summed E-state index contributed by atoms with van der Waals surface area (Å²) in [5.41, 5.74) is 2.36. The van der Waals surface area contributed by atoms with Crippen LogP contribution in [0.5, 0.6) is 5.75 Å². The molecule has 0 amide bonds. The molecule has 0 radical (unpaired) electrons. The van der Waals surface area contributed by atoms with E-state index in [2.05, 4.69) is 31.8 Å². The number of ether oxygens (including phenoxy) is 1. The minimum atomic E-state index is -0.186. The van der Waals surface area contributed by atoms with Crippen LogP contribution in [0.2, 0.25) is 4.47 Å². The maximum absolute atomic E-state index is 5.51. The van der Waals surface area contributed by atoms with E-state index in [0.29, 0.717) is 0 Å². The van der Waals surface area contributed by atoms with Crippen LogP contribution in [0.3, 0.4) is 0 Å². The number of pyridine rings is 1. The van der Waals surface area contributed by atoms with E-state index in [1.165, 1.54) is 52.3 Å². The first-order valence-electron chi connectivity index (χ1n) is 7.34. The van der Waals surface area contributed by atoms with Crippen molar-refractivity contribution in [3.8, 4) is 5.75 Å². The molecule has 0 spiro atoms. The zero-order valence-corrected chi connectivity index (χ0v) is 15.1. The predicted octanol–water partition coefficient (Wildman–Crippen LogP) is 3.82. The van der Waals surface area contributed by atoms with Crippen LogP contribution >= 0.6 is 0 Å². The van der Waals surface area contributed by atoms with Crippen LogP contribution in [0, 0.1) is 13.8 Å². The van der Waals surface area contributed by atoms with Gasteiger partial charge in [0.15, 0.2) is 0 Å². The third-order valence-electron chi connectivity index (χ3n) is 3.20. The minimum absolute atomic E-state index is 0.186. The molecule has 0 aliphatic heterocycles. The molecule has 0 N–H and O–H groups in total. The first-order chi connectivity index (χ1) is 9.19. The quantitative estimate of drug-likeness (QED) is 0.483. The van der Waals surface area contributed by atoms with Crippen molar-refractivity contribution in [2.75, 3.05) is 7.11 Å². The van der Waals surface area contributed by atoms with Gasteiger partial charge in [0.1, 0.15) is 0 Å². The molecular weight excluding hydrogens is 350 g/mol. The monoisotopic (exact) mass is 379 g/mol. The summed E-state index contributed by atoms with van der Waals surface area (Å²) in [6.45, 7) is 6.47. The normalized spacial score (nSPS) is 10.7. The Morgan fingerprint density at radius 3 is 2.47 bits per heavy atom. The van der Waals surface area contributed by atoms with Gasteiger partial charge >= 0.3 is 128 Å². The first kappa shape index (κ1) is 16.8. The van der Waals surface area contributed by atoms with Crippen LogP contribution in [0.1, 0.15) is 56.7 Å². The Kier molecular flexibility index (Phi) is 8.50. The molecule has 0 saturated carbocycles. The molecular formula is C16H27NOTe. The van der Waals surface area contributed by atoms with Crippen molar-refractivity contribution in [1.82, 2.24) is 4.98 Å². The number of hydrogen-bond donors (Lipinski definition) is 0. The van der Waals surface area contributed by atoms with E-state index in [9.17, 15) is 0 Å². The van der Waals surface area contributed by atoms with Gasteiger partial charge in [-0.05, 0) is 0 Å². The number of methoxy groups -OCH3 is 1. The van der Waals surface area contributed by atoms with Gasteiger partial charge in [-0.3, -0.25) is 0 Å². The van der Waals surface area contributed by atoms with Crippen molar-refractivity contribution >= 4 is 24.7 Å². The van der Waals surface area contributed by atoms with Crippen LogP contribution in [0.4, 0.5) is 0 Å². The Bertz CT molecular complexity index is 379. The van der Waals surface area contributed by atoms with Gasteiger partial charge in [0.05, 0.1) is 0 Å². The third-order valence-corrected chi connectivity index (χ3v) is 6.17. The van der Waals surface area contributed by atoms with Gasteiger partial charge < -0.3 is 0 Å². The Hall–Kier alpha value is -0.260. The van der Waals surface area contributed by atoms with Crippen LogP contribution in [-0.4, -0.2) is 33.0 Å². The molecule has 1 heterocycles. The molecule has 0 aromatic carbocycles. The zero-order chi connectivity index (χ0) is 14.1. The van der Waals surface area contributed by atoms with Crippen molar-refractivity contribution in [3.05, 3.63) is 17.3 Å². The molecule has 3 heteroatoms.